The van der Waals surface area contributed by atoms with Gasteiger partial charge in [-0.3, -0.25) is 4.79 Å². The molecule has 0 aliphatic heterocycles. The lowest BCUT2D eigenvalue weighted by Gasteiger charge is -2.05. The third-order valence-corrected chi connectivity index (χ3v) is 2.76. The third-order valence-electron chi connectivity index (χ3n) is 2.76. The summed E-state index contributed by atoms with van der Waals surface area (Å²) in [7, 11) is 1.49. The summed E-state index contributed by atoms with van der Waals surface area (Å²) in [6.45, 7) is 0. The Morgan fingerprint density at radius 3 is 2.53 bits per heavy atom. The molecular weight excluding hydrogens is 240 g/mol. The van der Waals surface area contributed by atoms with Crippen LogP contribution < -0.4 is 4.74 Å². The first kappa shape index (κ1) is 12.9. The highest BCUT2D eigenvalue weighted by molar-refractivity contribution is 6.13. The van der Waals surface area contributed by atoms with Crippen LogP contribution in [0, 0.1) is 0 Å². The van der Waals surface area contributed by atoms with Gasteiger partial charge in [-0.15, -0.1) is 0 Å². The molecule has 0 heterocycles. The molecule has 0 aliphatic rings. The zero-order valence-corrected chi connectivity index (χ0v) is 10.5. The first-order valence-electron chi connectivity index (χ1n) is 5.84. The molecule has 3 heteroatoms. The first-order valence-corrected chi connectivity index (χ1v) is 5.84. The van der Waals surface area contributed by atoms with Crippen LogP contribution >= 0.6 is 0 Å². The van der Waals surface area contributed by atoms with E-state index in [1.54, 1.807) is 18.2 Å². The zero-order valence-electron chi connectivity index (χ0n) is 10.5. The summed E-state index contributed by atoms with van der Waals surface area (Å²) in [4.78, 5) is 11.2. The molecule has 0 saturated carbocycles. The molecule has 2 aromatic carbocycles. The van der Waals surface area contributed by atoms with Crippen LogP contribution in [-0.4, -0.2) is 18.5 Å². The molecule has 1 N–H and O–H groups in total. The first-order chi connectivity index (χ1) is 9.24. The van der Waals surface area contributed by atoms with Crippen molar-refractivity contribution in [2.24, 2.45) is 0 Å². The molecule has 0 aromatic heterocycles. The van der Waals surface area contributed by atoms with Crippen molar-refractivity contribution in [1.29, 1.82) is 0 Å². The monoisotopic (exact) mass is 254 g/mol. The Kier molecular flexibility index (Phi) is 3.98. The molecule has 0 fully saturated rings. The molecule has 0 saturated heterocycles. The van der Waals surface area contributed by atoms with Gasteiger partial charge in [0.2, 0.25) is 0 Å². The number of phenolic OH excluding ortho intramolecular Hbond substituents is 1. The number of hydrogen-bond donors (Lipinski definition) is 1. The normalized spacial score (nSPS) is 11.1. The molecule has 0 atom stereocenters. The van der Waals surface area contributed by atoms with Gasteiger partial charge in [-0.25, -0.2) is 0 Å². The van der Waals surface area contributed by atoms with Crippen LogP contribution in [0.3, 0.4) is 0 Å². The van der Waals surface area contributed by atoms with Crippen LogP contribution in [-0.2, 0) is 4.79 Å². The summed E-state index contributed by atoms with van der Waals surface area (Å²) in [5.74, 6) is 0.457. The maximum Gasteiger partial charge on any atom is 0.161 e. The van der Waals surface area contributed by atoms with Crippen molar-refractivity contribution in [2.75, 3.05) is 7.11 Å². The molecule has 96 valence electrons. The van der Waals surface area contributed by atoms with E-state index in [0.717, 1.165) is 17.4 Å². The predicted molar refractivity (Wildman–Crippen MR) is 75.0 cm³/mol. The lowest BCUT2D eigenvalue weighted by atomic mass is 10.0. The summed E-state index contributed by atoms with van der Waals surface area (Å²) in [5.41, 5.74) is 2.22. The van der Waals surface area contributed by atoms with Gasteiger partial charge in [0.25, 0.3) is 0 Å². The number of phenols is 1. The van der Waals surface area contributed by atoms with E-state index in [9.17, 15) is 9.90 Å². The SMILES string of the molecule is COc1cc(/C=C(/C=O)c2ccccc2)ccc1O. The Hall–Kier alpha value is -2.55. The second-order valence-corrected chi connectivity index (χ2v) is 4.01. The van der Waals surface area contributed by atoms with Crippen molar-refractivity contribution in [2.45, 2.75) is 0 Å². The minimum atomic E-state index is 0.0759. The quantitative estimate of drug-likeness (QED) is 0.518. The number of hydrogen-bond acceptors (Lipinski definition) is 3. The molecule has 0 radical (unpaired) electrons. The number of allylic oxidation sites excluding steroid dienone is 1. The van der Waals surface area contributed by atoms with E-state index in [2.05, 4.69) is 0 Å². The van der Waals surface area contributed by atoms with Crippen LogP contribution in [0.2, 0.25) is 0 Å². The van der Waals surface area contributed by atoms with Crippen LogP contribution in [0.4, 0.5) is 0 Å². The Labute approximate surface area is 111 Å². The fourth-order valence-corrected chi connectivity index (χ4v) is 1.78. The average Bonchev–Trinajstić information content (AvgIpc) is 2.47. The van der Waals surface area contributed by atoms with E-state index < -0.39 is 0 Å². The number of rotatable bonds is 4. The van der Waals surface area contributed by atoms with Crippen molar-refractivity contribution in [1.82, 2.24) is 0 Å². The van der Waals surface area contributed by atoms with Crippen molar-refractivity contribution in [3.8, 4) is 11.5 Å². The van der Waals surface area contributed by atoms with Crippen LogP contribution in [0.25, 0.3) is 11.6 Å². The molecule has 0 aliphatic carbocycles. The molecule has 0 amide bonds. The van der Waals surface area contributed by atoms with Gasteiger partial charge in [-0.1, -0.05) is 36.4 Å². The molecular formula is C16H14O3. The minimum absolute atomic E-state index is 0.0759. The van der Waals surface area contributed by atoms with E-state index in [4.69, 9.17) is 4.74 Å². The third kappa shape index (κ3) is 3.01. The van der Waals surface area contributed by atoms with E-state index in [0.29, 0.717) is 11.3 Å². The molecule has 2 rings (SSSR count). The second-order valence-electron chi connectivity index (χ2n) is 4.01. The topological polar surface area (TPSA) is 46.5 Å². The standard InChI is InChI=1S/C16H14O3/c1-19-16-10-12(7-8-15(16)18)9-14(11-17)13-5-3-2-4-6-13/h2-11,18H,1H3/b14-9-. The second kappa shape index (κ2) is 5.87. The lowest BCUT2D eigenvalue weighted by Crippen LogP contribution is -1.87. The van der Waals surface area contributed by atoms with Gasteiger partial charge in [-0.2, -0.15) is 0 Å². The number of aldehydes is 1. The summed E-state index contributed by atoms with van der Waals surface area (Å²) in [6, 6.07) is 14.4. The van der Waals surface area contributed by atoms with Gasteiger partial charge in [0.15, 0.2) is 17.8 Å². The maximum atomic E-state index is 11.2. The predicted octanol–water partition coefficient (Wildman–Crippen LogP) is 3.14. The molecule has 0 unspecified atom stereocenters. The molecule has 0 spiro atoms. The number of carbonyl (C=O) groups is 1. The fourth-order valence-electron chi connectivity index (χ4n) is 1.78. The Bertz CT molecular complexity index is 601. The number of carbonyl (C=O) groups excluding carboxylic acids is 1. The highest BCUT2D eigenvalue weighted by atomic mass is 16.5. The molecule has 2 aromatic rings. The molecule has 19 heavy (non-hydrogen) atoms. The van der Waals surface area contributed by atoms with Gasteiger partial charge >= 0.3 is 0 Å². The average molecular weight is 254 g/mol. The largest absolute Gasteiger partial charge is 0.504 e. The maximum absolute atomic E-state index is 11.2. The highest BCUT2D eigenvalue weighted by Crippen LogP contribution is 2.28. The summed E-state index contributed by atoms with van der Waals surface area (Å²) in [6.07, 6.45) is 2.57. The van der Waals surface area contributed by atoms with Crippen molar-refractivity contribution >= 4 is 17.9 Å². The van der Waals surface area contributed by atoms with Crippen molar-refractivity contribution in [3.63, 3.8) is 0 Å². The van der Waals surface area contributed by atoms with Crippen LogP contribution in [0.1, 0.15) is 11.1 Å². The minimum Gasteiger partial charge on any atom is -0.504 e. The van der Waals surface area contributed by atoms with Gasteiger partial charge in [0, 0.05) is 5.57 Å². The van der Waals surface area contributed by atoms with E-state index in [1.165, 1.54) is 13.2 Å². The Morgan fingerprint density at radius 1 is 1.16 bits per heavy atom. The molecule has 3 nitrogen and oxygen atoms in total. The molecule has 0 bridgehead atoms. The summed E-state index contributed by atoms with van der Waals surface area (Å²) < 4.78 is 5.04. The summed E-state index contributed by atoms with van der Waals surface area (Å²) >= 11 is 0. The lowest BCUT2D eigenvalue weighted by molar-refractivity contribution is -0.103. The number of benzene rings is 2. The number of ether oxygens (including phenoxy) is 1. The Morgan fingerprint density at radius 2 is 1.89 bits per heavy atom. The number of methoxy groups -OCH3 is 1. The van der Waals surface area contributed by atoms with E-state index in [1.807, 2.05) is 30.3 Å². The zero-order chi connectivity index (χ0) is 13.7. The van der Waals surface area contributed by atoms with Crippen molar-refractivity contribution < 1.29 is 14.6 Å². The van der Waals surface area contributed by atoms with Crippen molar-refractivity contribution in [3.05, 3.63) is 59.7 Å². The van der Waals surface area contributed by atoms with Crippen LogP contribution in [0.15, 0.2) is 48.5 Å². The fraction of sp³-hybridized carbons (Fsp3) is 0.0625. The van der Waals surface area contributed by atoms with Gasteiger partial charge in [-0.05, 0) is 29.3 Å². The Balaban J connectivity index is 2.41. The highest BCUT2D eigenvalue weighted by Gasteiger charge is 2.03. The van der Waals surface area contributed by atoms with Gasteiger partial charge < -0.3 is 9.84 Å². The van der Waals surface area contributed by atoms with E-state index in [-0.39, 0.29) is 5.75 Å². The van der Waals surface area contributed by atoms with Gasteiger partial charge in [0.05, 0.1) is 7.11 Å². The van der Waals surface area contributed by atoms with Crippen LogP contribution in [0.5, 0.6) is 11.5 Å². The van der Waals surface area contributed by atoms with E-state index >= 15 is 0 Å². The number of aromatic hydroxyl groups is 1. The van der Waals surface area contributed by atoms with Gasteiger partial charge in [0.1, 0.15) is 0 Å². The summed E-state index contributed by atoms with van der Waals surface area (Å²) in [5, 5.41) is 9.53. The smallest absolute Gasteiger partial charge is 0.161 e.